The van der Waals surface area contributed by atoms with Gasteiger partial charge in [0.1, 0.15) is 11.6 Å². The lowest BCUT2D eigenvalue weighted by Gasteiger charge is -2.21. The summed E-state index contributed by atoms with van der Waals surface area (Å²) in [5.74, 6) is -2.92. The van der Waals surface area contributed by atoms with E-state index in [-0.39, 0.29) is 12.2 Å². The first-order valence-electron chi connectivity index (χ1n) is 5.63. The molecule has 0 saturated heterocycles. The molecule has 4 N–H and O–H groups in total. The van der Waals surface area contributed by atoms with Gasteiger partial charge < -0.3 is 20.8 Å². The summed E-state index contributed by atoms with van der Waals surface area (Å²) in [6, 6.07) is 1.66. The van der Waals surface area contributed by atoms with Crippen molar-refractivity contribution < 1.29 is 28.6 Å². The van der Waals surface area contributed by atoms with E-state index in [1.54, 1.807) is 0 Å². The van der Waals surface area contributed by atoms with Crippen molar-refractivity contribution in [2.45, 2.75) is 18.9 Å². The monoisotopic (exact) mass is 288 g/mol. The number of hydrogen-bond acceptors (Lipinski definition) is 3. The molecule has 0 aliphatic carbocycles. The van der Waals surface area contributed by atoms with E-state index in [0.717, 1.165) is 12.1 Å². The molecule has 0 bridgehead atoms. The van der Waals surface area contributed by atoms with Crippen molar-refractivity contribution >= 4 is 17.7 Å². The summed E-state index contributed by atoms with van der Waals surface area (Å²) < 4.78 is 25.8. The molecule has 8 heteroatoms. The van der Waals surface area contributed by atoms with Crippen LogP contribution in [0.4, 0.5) is 19.3 Å². The molecule has 1 atom stereocenters. The topological polar surface area (TPSA) is 98.7 Å². The normalized spacial score (nSPS) is 13.4. The Bertz CT molecular complexity index is 500. The van der Waals surface area contributed by atoms with Crippen LogP contribution in [0.5, 0.6) is 0 Å². The molecule has 0 aliphatic heterocycles. The van der Waals surface area contributed by atoms with Crippen molar-refractivity contribution in [3.63, 3.8) is 0 Å². The van der Waals surface area contributed by atoms with Crippen LogP contribution in [0, 0.1) is 11.6 Å². The molecule has 1 rings (SSSR count). The zero-order valence-corrected chi connectivity index (χ0v) is 10.6. The maximum atomic E-state index is 12.9. The lowest BCUT2D eigenvalue weighted by Crippen LogP contribution is -2.43. The predicted molar refractivity (Wildman–Crippen MR) is 66.3 cm³/mol. The van der Waals surface area contributed by atoms with Gasteiger partial charge in [-0.05, 0) is 19.1 Å². The smallest absolute Gasteiger partial charge is 0.319 e. The average Bonchev–Trinajstić information content (AvgIpc) is 2.23. The van der Waals surface area contributed by atoms with Gasteiger partial charge in [-0.3, -0.25) is 4.79 Å². The van der Waals surface area contributed by atoms with Gasteiger partial charge in [-0.2, -0.15) is 0 Å². The number of halogens is 2. The van der Waals surface area contributed by atoms with Crippen LogP contribution in [-0.2, 0) is 4.79 Å². The van der Waals surface area contributed by atoms with Gasteiger partial charge in [-0.1, -0.05) is 0 Å². The fraction of sp³-hybridized carbons (Fsp3) is 0.333. The molecular weight excluding hydrogens is 274 g/mol. The minimum absolute atomic E-state index is 0.0992. The summed E-state index contributed by atoms with van der Waals surface area (Å²) in [5, 5.41) is 22.6. The number of aliphatic hydroxyl groups is 1. The fourth-order valence-corrected chi connectivity index (χ4v) is 1.46. The zero-order valence-electron chi connectivity index (χ0n) is 10.6. The highest BCUT2D eigenvalue weighted by Crippen LogP contribution is 2.13. The number of rotatable bonds is 5. The number of hydrogen-bond donors (Lipinski definition) is 4. The third-order valence-electron chi connectivity index (χ3n) is 2.28. The molecule has 0 fully saturated rings. The first-order chi connectivity index (χ1) is 9.18. The first-order valence-corrected chi connectivity index (χ1v) is 5.63. The Balaban J connectivity index is 2.53. The van der Waals surface area contributed by atoms with Crippen LogP contribution in [0.15, 0.2) is 18.2 Å². The van der Waals surface area contributed by atoms with E-state index in [2.05, 4.69) is 10.6 Å². The Labute approximate surface area is 113 Å². The SMILES string of the molecule is CC(O)(CNC(=O)Nc1cc(F)cc(F)c1)CC(=O)O. The third kappa shape index (κ3) is 5.61. The van der Waals surface area contributed by atoms with Gasteiger partial charge in [0.2, 0.25) is 0 Å². The number of nitrogens with one attached hydrogen (secondary N) is 2. The standard InChI is InChI=1S/C12H14F2N2O4/c1-12(20,5-10(17)18)6-15-11(19)16-9-3-7(13)2-8(14)4-9/h2-4,20H,5-6H2,1H3,(H,17,18)(H2,15,16,19). The quantitative estimate of drug-likeness (QED) is 0.656. The molecule has 20 heavy (non-hydrogen) atoms. The van der Waals surface area contributed by atoms with Crippen LogP contribution in [0.1, 0.15) is 13.3 Å². The number of aliphatic carboxylic acids is 1. The summed E-state index contributed by atoms with van der Waals surface area (Å²) in [6.07, 6.45) is -0.554. The van der Waals surface area contributed by atoms with Crippen molar-refractivity contribution in [2.75, 3.05) is 11.9 Å². The zero-order chi connectivity index (χ0) is 15.3. The maximum Gasteiger partial charge on any atom is 0.319 e. The molecule has 0 saturated carbocycles. The molecule has 2 amide bonds. The summed E-state index contributed by atoms with van der Waals surface area (Å²) in [7, 11) is 0. The molecule has 0 heterocycles. The highest BCUT2D eigenvalue weighted by atomic mass is 19.1. The number of carboxylic acid groups (broad SMARTS) is 1. The van der Waals surface area contributed by atoms with Crippen LogP contribution in [0.3, 0.4) is 0 Å². The minimum atomic E-state index is -1.63. The maximum absolute atomic E-state index is 12.9. The van der Waals surface area contributed by atoms with Gasteiger partial charge in [0, 0.05) is 18.3 Å². The van der Waals surface area contributed by atoms with Crippen LogP contribution >= 0.6 is 0 Å². The van der Waals surface area contributed by atoms with E-state index >= 15 is 0 Å². The van der Waals surface area contributed by atoms with Crippen LogP contribution in [-0.4, -0.2) is 34.4 Å². The average molecular weight is 288 g/mol. The van der Waals surface area contributed by atoms with E-state index in [1.807, 2.05) is 0 Å². The summed E-state index contributed by atoms with van der Waals surface area (Å²) in [5.41, 5.74) is -1.73. The number of urea groups is 1. The Morgan fingerprint density at radius 2 is 1.80 bits per heavy atom. The number of amides is 2. The van der Waals surface area contributed by atoms with Crippen LogP contribution < -0.4 is 10.6 Å². The number of carboxylic acids is 1. The summed E-state index contributed by atoms with van der Waals surface area (Å²) in [6.45, 7) is 0.909. The Morgan fingerprint density at radius 1 is 1.25 bits per heavy atom. The van der Waals surface area contributed by atoms with E-state index in [1.165, 1.54) is 6.92 Å². The molecular formula is C12H14F2N2O4. The largest absolute Gasteiger partial charge is 0.481 e. The second-order valence-corrected chi connectivity index (χ2v) is 4.53. The second-order valence-electron chi connectivity index (χ2n) is 4.53. The number of anilines is 1. The van der Waals surface area contributed by atoms with Gasteiger partial charge in [-0.25, -0.2) is 13.6 Å². The van der Waals surface area contributed by atoms with Crippen molar-refractivity contribution in [3.8, 4) is 0 Å². The summed E-state index contributed by atoms with van der Waals surface area (Å²) >= 11 is 0. The Morgan fingerprint density at radius 3 is 2.30 bits per heavy atom. The first kappa shape index (κ1) is 15.8. The van der Waals surface area contributed by atoms with Gasteiger partial charge in [0.05, 0.1) is 12.0 Å². The molecule has 1 aromatic rings. The van der Waals surface area contributed by atoms with Gasteiger partial charge >= 0.3 is 12.0 Å². The molecule has 0 aromatic heterocycles. The molecule has 1 unspecified atom stereocenters. The van der Waals surface area contributed by atoms with Gasteiger partial charge in [0.25, 0.3) is 0 Å². The van der Waals surface area contributed by atoms with Crippen LogP contribution in [0.25, 0.3) is 0 Å². The van der Waals surface area contributed by atoms with E-state index in [9.17, 15) is 23.5 Å². The van der Waals surface area contributed by atoms with Gasteiger partial charge in [-0.15, -0.1) is 0 Å². The molecule has 1 aromatic carbocycles. The number of carbonyl (C=O) groups is 2. The number of carbonyl (C=O) groups excluding carboxylic acids is 1. The lowest BCUT2D eigenvalue weighted by molar-refractivity contribution is -0.141. The molecule has 0 aliphatic rings. The Kier molecular flexibility index (Phi) is 4.98. The summed E-state index contributed by atoms with van der Waals surface area (Å²) in [4.78, 5) is 21.9. The highest BCUT2D eigenvalue weighted by Gasteiger charge is 2.24. The van der Waals surface area contributed by atoms with Crippen LogP contribution in [0.2, 0.25) is 0 Å². The molecule has 0 spiro atoms. The highest BCUT2D eigenvalue weighted by molar-refractivity contribution is 5.89. The number of benzene rings is 1. The molecule has 0 radical (unpaired) electrons. The molecule has 6 nitrogen and oxygen atoms in total. The van der Waals surface area contributed by atoms with E-state index in [0.29, 0.717) is 6.07 Å². The van der Waals surface area contributed by atoms with Crippen molar-refractivity contribution in [1.82, 2.24) is 5.32 Å². The minimum Gasteiger partial charge on any atom is -0.481 e. The molecule has 110 valence electrons. The van der Waals surface area contributed by atoms with Gasteiger partial charge in [0.15, 0.2) is 0 Å². The van der Waals surface area contributed by atoms with Crippen molar-refractivity contribution in [1.29, 1.82) is 0 Å². The van der Waals surface area contributed by atoms with E-state index < -0.39 is 35.7 Å². The van der Waals surface area contributed by atoms with Crippen molar-refractivity contribution in [3.05, 3.63) is 29.8 Å². The Hall–Kier alpha value is -2.22. The lowest BCUT2D eigenvalue weighted by atomic mass is 10.0. The van der Waals surface area contributed by atoms with Crippen molar-refractivity contribution in [2.24, 2.45) is 0 Å². The van der Waals surface area contributed by atoms with E-state index in [4.69, 9.17) is 5.11 Å². The second kappa shape index (κ2) is 6.29. The predicted octanol–water partition coefficient (Wildman–Crippen LogP) is 1.31. The fourth-order valence-electron chi connectivity index (χ4n) is 1.46. The third-order valence-corrected chi connectivity index (χ3v) is 2.28.